The number of pyridine rings is 1. The van der Waals surface area contributed by atoms with Crippen molar-refractivity contribution in [2.75, 3.05) is 13.1 Å². The molecule has 106 valence electrons. The summed E-state index contributed by atoms with van der Waals surface area (Å²) in [6.07, 6.45) is 8.91. The first-order valence-electron chi connectivity index (χ1n) is 7.30. The molecule has 3 heterocycles. The fraction of sp³-hybridized carbons (Fsp3) is 0.533. The van der Waals surface area contributed by atoms with Crippen LogP contribution in [-0.4, -0.2) is 34.3 Å². The minimum Gasteiger partial charge on any atom is -0.347 e. The molecular weight excluding hydrogens is 268 g/mol. The van der Waals surface area contributed by atoms with Gasteiger partial charge >= 0.3 is 0 Å². The summed E-state index contributed by atoms with van der Waals surface area (Å²) < 4.78 is 0. The van der Waals surface area contributed by atoms with E-state index in [0.717, 1.165) is 35.7 Å². The van der Waals surface area contributed by atoms with Gasteiger partial charge in [0.05, 0.1) is 11.9 Å². The quantitative estimate of drug-likeness (QED) is 0.515. The third kappa shape index (κ3) is 3.33. The van der Waals surface area contributed by atoms with E-state index in [1.807, 2.05) is 18.2 Å². The molecule has 20 heavy (non-hydrogen) atoms. The molecule has 3 fully saturated rings. The van der Waals surface area contributed by atoms with Gasteiger partial charge in [-0.3, -0.25) is 10.4 Å². The zero-order valence-corrected chi connectivity index (χ0v) is 12.4. The van der Waals surface area contributed by atoms with Crippen LogP contribution in [-0.2, 0) is 0 Å². The SMILES string of the molecule is S=C(N/N=C/c1ccccn1)N1CC2CCC(CC2)C1. The van der Waals surface area contributed by atoms with Crippen molar-refractivity contribution >= 4 is 23.5 Å². The minimum atomic E-state index is 0.746. The van der Waals surface area contributed by atoms with E-state index in [1.165, 1.54) is 25.7 Å². The highest BCUT2D eigenvalue weighted by atomic mass is 32.1. The standard InChI is InChI=1S/C15H20N4S/c20-15(18-17-9-14-3-1-2-8-16-14)19-10-12-4-5-13(11-19)7-6-12/h1-3,8-9,12-13H,4-7,10-11H2,(H,18,20)/b17-9+. The van der Waals surface area contributed by atoms with Crippen molar-refractivity contribution in [1.29, 1.82) is 0 Å². The third-order valence-electron chi connectivity index (χ3n) is 4.26. The molecule has 0 aromatic carbocycles. The number of hydrogen-bond donors (Lipinski definition) is 1. The van der Waals surface area contributed by atoms with Crippen LogP contribution in [0.25, 0.3) is 0 Å². The van der Waals surface area contributed by atoms with Crippen LogP contribution in [0.4, 0.5) is 0 Å². The summed E-state index contributed by atoms with van der Waals surface area (Å²) in [7, 11) is 0. The lowest BCUT2D eigenvalue weighted by atomic mass is 9.84. The number of fused-ring (bicyclic) bond motifs is 4. The van der Waals surface area contributed by atoms with Gasteiger partial charge in [0, 0.05) is 19.3 Å². The molecule has 1 aromatic rings. The van der Waals surface area contributed by atoms with Gasteiger partial charge in [-0.05, 0) is 61.9 Å². The highest BCUT2D eigenvalue weighted by molar-refractivity contribution is 7.80. The molecule has 1 saturated carbocycles. The monoisotopic (exact) mass is 288 g/mol. The lowest BCUT2D eigenvalue weighted by molar-refractivity contribution is 0.326. The van der Waals surface area contributed by atoms with Crippen LogP contribution in [0, 0.1) is 11.8 Å². The van der Waals surface area contributed by atoms with Crippen molar-refractivity contribution in [3.63, 3.8) is 0 Å². The normalized spacial score (nSPS) is 25.7. The summed E-state index contributed by atoms with van der Waals surface area (Å²) in [6.45, 7) is 2.17. The zero-order chi connectivity index (χ0) is 13.8. The van der Waals surface area contributed by atoms with Crippen LogP contribution in [0.15, 0.2) is 29.5 Å². The van der Waals surface area contributed by atoms with Gasteiger partial charge < -0.3 is 4.90 Å². The highest BCUT2D eigenvalue weighted by Crippen LogP contribution is 2.33. The van der Waals surface area contributed by atoms with Gasteiger partial charge in [0.15, 0.2) is 5.11 Å². The molecule has 0 amide bonds. The second-order valence-corrected chi connectivity index (χ2v) is 6.11. The Morgan fingerprint density at radius 2 is 1.95 bits per heavy atom. The summed E-state index contributed by atoms with van der Waals surface area (Å²) in [4.78, 5) is 6.48. The average Bonchev–Trinajstić information content (AvgIpc) is 2.82. The Labute approximate surface area is 125 Å². The van der Waals surface area contributed by atoms with Crippen LogP contribution in [0.3, 0.4) is 0 Å². The summed E-state index contributed by atoms with van der Waals surface area (Å²) >= 11 is 5.46. The summed E-state index contributed by atoms with van der Waals surface area (Å²) in [6, 6.07) is 5.75. The third-order valence-corrected chi connectivity index (χ3v) is 4.60. The van der Waals surface area contributed by atoms with E-state index in [2.05, 4.69) is 20.4 Å². The predicted octanol–water partition coefficient (Wildman–Crippen LogP) is 2.41. The number of thiocarbonyl (C=S) groups is 1. The Balaban J connectivity index is 1.55. The molecule has 4 nitrogen and oxygen atoms in total. The number of rotatable bonds is 2. The molecule has 0 radical (unpaired) electrons. The Kier molecular flexibility index (Phi) is 4.25. The second kappa shape index (κ2) is 6.31. The first-order valence-corrected chi connectivity index (χ1v) is 7.71. The van der Waals surface area contributed by atoms with Crippen molar-refractivity contribution in [2.45, 2.75) is 25.7 Å². The first kappa shape index (κ1) is 13.5. The Bertz CT molecular complexity index is 466. The van der Waals surface area contributed by atoms with Crippen molar-refractivity contribution in [3.8, 4) is 0 Å². The van der Waals surface area contributed by atoms with Crippen molar-refractivity contribution in [1.82, 2.24) is 15.3 Å². The Hall–Kier alpha value is -1.49. The lowest BCUT2D eigenvalue weighted by Gasteiger charge is -2.24. The molecule has 2 aliphatic heterocycles. The summed E-state index contributed by atoms with van der Waals surface area (Å²) in [5, 5.41) is 4.94. The Morgan fingerprint density at radius 3 is 2.55 bits per heavy atom. The molecule has 2 bridgehead atoms. The van der Waals surface area contributed by atoms with Gasteiger partial charge in [-0.2, -0.15) is 5.10 Å². The van der Waals surface area contributed by atoms with Gasteiger partial charge in [-0.1, -0.05) is 6.07 Å². The molecule has 3 aliphatic rings. The van der Waals surface area contributed by atoms with Crippen LogP contribution in [0.5, 0.6) is 0 Å². The van der Waals surface area contributed by atoms with Gasteiger partial charge in [-0.25, -0.2) is 0 Å². The van der Waals surface area contributed by atoms with Crippen molar-refractivity contribution in [3.05, 3.63) is 30.1 Å². The van der Waals surface area contributed by atoms with Crippen LogP contribution in [0.2, 0.25) is 0 Å². The molecule has 5 heteroatoms. The van der Waals surface area contributed by atoms with E-state index in [1.54, 1.807) is 12.4 Å². The van der Waals surface area contributed by atoms with Crippen LogP contribution < -0.4 is 5.43 Å². The molecule has 0 spiro atoms. The number of hydrogen-bond acceptors (Lipinski definition) is 3. The fourth-order valence-corrected chi connectivity index (χ4v) is 3.34. The molecule has 0 atom stereocenters. The predicted molar refractivity (Wildman–Crippen MR) is 84.6 cm³/mol. The number of hydrazone groups is 1. The molecule has 1 aliphatic carbocycles. The number of aromatic nitrogens is 1. The number of nitrogens with one attached hydrogen (secondary N) is 1. The smallest absolute Gasteiger partial charge is 0.189 e. The molecule has 1 N–H and O–H groups in total. The topological polar surface area (TPSA) is 40.5 Å². The fourth-order valence-electron chi connectivity index (χ4n) is 3.14. The van der Waals surface area contributed by atoms with Gasteiger partial charge in [-0.15, -0.1) is 0 Å². The van der Waals surface area contributed by atoms with Crippen molar-refractivity contribution in [2.24, 2.45) is 16.9 Å². The second-order valence-electron chi connectivity index (χ2n) is 5.72. The maximum absolute atomic E-state index is 5.46. The van der Waals surface area contributed by atoms with Crippen molar-refractivity contribution < 1.29 is 0 Å². The molecule has 4 rings (SSSR count). The molecule has 2 saturated heterocycles. The van der Waals surface area contributed by atoms with E-state index in [0.29, 0.717) is 0 Å². The molecular formula is C15H20N4S. The minimum absolute atomic E-state index is 0.746. The Morgan fingerprint density at radius 1 is 1.25 bits per heavy atom. The van der Waals surface area contributed by atoms with E-state index in [-0.39, 0.29) is 0 Å². The highest BCUT2D eigenvalue weighted by Gasteiger charge is 2.30. The summed E-state index contributed by atoms with van der Waals surface area (Å²) in [5.41, 5.74) is 3.82. The lowest BCUT2D eigenvalue weighted by Crippen LogP contribution is -2.40. The average molecular weight is 288 g/mol. The molecule has 1 aromatic heterocycles. The summed E-state index contributed by atoms with van der Waals surface area (Å²) in [5.74, 6) is 1.63. The largest absolute Gasteiger partial charge is 0.347 e. The maximum Gasteiger partial charge on any atom is 0.189 e. The van der Waals surface area contributed by atoms with Crippen LogP contribution in [0.1, 0.15) is 31.4 Å². The van der Waals surface area contributed by atoms with E-state index in [9.17, 15) is 0 Å². The number of nitrogens with zero attached hydrogens (tertiary/aromatic N) is 3. The van der Waals surface area contributed by atoms with E-state index < -0.39 is 0 Å². The van der Waals surface area contributed by atoms with E-state index >= 15 is 0 Å². The maximum atomic E-state index is 5.46. The van der Waals surface area contributed by atoms with Gasteiger partial charge in [0.2, 0.25) is 0 Å². The van der Waals surface area contributed by atoms with Gasteiger partial charge in [0.25, 0.3) is 0 Å². The molecule has 0 unspecified atom stereocenters. The van der Waals surface area contributed by atoms with E-state index in [4.69, 9.17) is 12.2 Å². The zero-order valence-electron chi connectivity index (χ0n) is 11.5. The van der Waals surface area contributed by atoms with Crippen LogP contribution >= 0.6 is 12.2 Å². The van der Waals surface area contributed by atoms with Gasteiger partial charge in [0.1, 0.15) is 0 Å². The first-order chi connectivity index (χ1) is 9.81.